The molecule has 1 fully saturated rings. The number of thiophene rings is 1. The summed E-state index contributed by atoms with van der Waals surface area (Å²) in [6, 6.07) is 3.64. The van der Waals surface area contributed by atoms with Gasteiger partial charge in [0.1, 0.15) is 4.21 Å². The standard InChI is InChI=1S/C12H20N2O2S3/c1-3-13-8-11-4-5-12(18-11)19(15,16)14-6-7-17-10(2)9-14/h4-5,10,13H,3,6-9H2,1-2H3. The highest BCUT2D eigenvalue weighted by Crippen LogP contribution is 2.28. The molecule has 0 aliphatic carbocycles. The van der Waals surface area contributed by atoms with Gasteiger partial charge in [0.2, 0.25) is 0 Å². The molecule has 1 aromatic rings. The lowest BCUT2D eigenvalue weighted by Gasteiger charge is -2.29. The number of hydrogen-bond acceptors (Lipinski definition) is 5. The summed E-state index contributed by atoms with van der Waals surface area (Å²) in [5.41, 5.74) is 0. The van der Waals surface area contributed by atoms with Crippen LogP contribution in [0.3, 0.4) is 0 Å². The molecule has 1 atom stereocenters. The molecule has 2 rings (SSSR count). The minimum Gasteiger partial charge on any atom is -0.312 e. The van der Waals surface area contributed by atoms with E-state index in [9.17, 15) is 8.42 Å². The van der Waals surface area contributed by atoms with Gasteiger partial charge in [0.15, 0.2) is 0 Å². The van der Waals surface area contributed by atoms with Crippen LogP contribution in [0.1, 0.15) is 18.7 Å². The molecule has 0 spiro atoms. The second kappa shape index (κ2) is 6.58. The van der Waals surface area contributed by atoms with E-state index in [1.165, 1.54) is 11.3 Å². The maximum atomic E-state index is 12.5. The van der Waals surface area contributed by atoms with E-state index in [1.54, 1.807) is 10.4 Å². The van der Waals surface area contributed by atoms with E-state index in [0.29, 0.717) is 22.5 Å². The van der Waals surface area contributed by atoms with Gasteiger partial charge in [-0.15, -0.1) is 11.3 Å². The van der Waals surface area contributed by atoms with Crippen molar-refractivity contribution < 1.29 is 8.42 Å². The van der Waals surface area contributed by atoms with Gasteiger partial charge in [0.05, 0.1) is 0 Å². The molecule has 0 radical (unpaired) electrons. The zero-order valence-corrected chi connectivity index (χ0v) is 13.7. The maximum absolute atomic E-state index is 12.5. The summed E-state index contributed by atoms with van der Waals surface area (Å²) >= 11 is 3.21. The Morgan fingerprint density at radius 3 is 2.95 bits per heavy atom. The molecule has 108 valence electrons. The van der Waals surface area contributed by atoms with Crippen molar-refractivity contribution in [1.29, 1.82) is 0 Å². The summed E-state index contributed by atoms with van der Waals surface area (Å²) in [6.45, 7) is 6.99. The largest absolute Gasteiger partial charge is 0.312 e. The molecule has 0 saturated carbocycles. The third kappa shape index (κ3) is 3.72. The van der Waals surface area contributed by atoms with Crippen molar-refractivity contribution in [3.63, 3.8) is 0 Å². The average molecular weight is 321 g/mol. The van der Waals surface area contributed by atoms with Crippen LogP contribution in [-0.2, 0) is 16.6 Å². The van der Waals surface area contributed by atoms with E-state index in [0.717, 1.165) is 23.7 Å². The molecule has 1 unspecified atom stereocenters. The fourth-order valence-electron chi connectivity index (χ4n) is 1.97. The molecule has 4 nitrogen and oxygen atoms in total. The Kier molecular flexibility index (Phi) is 5.30. The molecule has 0 amide bonds. The quantitative estimate of drug-likeness (QED) is 0.901. The molecule has 1 aliphatic rings. The van der Waals surface area contributed by atoms with Gasteiger partial charge in [-0.3, -0.25) is 0 Å². The summed E-state index contributed by atoms with van der Waals surface area (Å²) in [5, 5.41) is 3.59. The van der Waals surface area contributed by atoms with Gasteiger partial charge in [-0.05, 0) is 18.7 Å². The normalized spacial score (nSPS) is 21.7. The number of thioether (sulfide) groups is 1. The van der Waals surface area contributed by atoms with Crippen molar-refractivity contribution in [3.8, 4) is 0 Å². The first kappa shape index (κ1) is 15.3. The maximum Gasteiger partial charge on any atom is 0.252 e. The zero-order valence-electron chi connectivity index (χ0n) is 11.3. The molecule has 1 aliphatic heterocycles. The molecule has 7 heteroatoms. The Morgan fingerprint density at radius 1 is 1.47 bits per heavy atom. The number of hydrogen-bond donors (Lipinski definition) is 1. The van der Waals surface area contributed by atoms with E-state index in [4.69, 9.17) is 0 Å². The monoisotopic (exact) mass is 320 g/mol. The Labute approximate surface area is 123 Å². The lowest BCUT2D eigenvalue weighted by Crippen LogP contribution is -2.40. The van der Waals surface area contributed by atoms with Gasteiger partial charge in [-0.25, -0.2) is 8.42 Å². The van der Waals surface area contributed by atoms with Crippen LogP contribution >= 0.6 is 23.1 Å². The van der Waals surface area contributed by atoms with Gasteiger partial charge in [0.25, 0.3) is 10.0 Å². The van der Waals surface area contributed by atoms with Crippen LogP contribution in [0.5, 0.6) is 0 Å². The Bertz CT molecular complexity index is 513. The fourth-order valence-corrected chi connectivity index (χ4v) is 6.20. The summed E-state index contributed by atoms with van der Waals surface area (Å²) in [6.07, 6.45) is 0. The Hall–Kier alpha value is -0.0800. The van der Waals surface area contributed by atoms with Crippen LogP contribution in [0.4, 0.5) is 0 Å². The molecule has 1 aromatic heterocycles. The first-order valence-electron chi connectivity index (χ1n) is 6.45. The topological polar surface area (TPSA) is 49.4 Å². The van der Waals surface area contributed by atoms with E-state index in [1.807, 2.05) is 24.8 Å². The van der Waals surface area contributed by atoms with Crippen LogP contribution in [-0.4, -0.2) is 43.4 Å². The summed E-state index contributed by atoms with van der Waals surface area (Å²) in [7, 11) is -3.29. The first-order chi connectivity index (χ1) is 9.04. The van der Waals surface area contributed by atoms with Crippen molar-refractivity contribution in [2.45, 2.75) is 29.9 Å². The van der Waals surface area contributed by atoms with Crippen LogP contribution in [0.15, 0.2) is 16.3 Å². The van der Waals surface area contributed by atoms with E-state index in [2.05, 4.69) is 12.2 Å². The van der Waals surface area contributed by atoms with Crippen molar-refractivity contribution in [3.05, 3.63) is 17.0 Å². The minimum absolute atomic E-state index is 0.379. The minimum atomic E-state index is -3.29. The van der Waals surface area contributed by atoms with E-state index in [-0.39, 0.29) is 0 Å². The molecular weight excluding hydrogens is 300 g/mol. The van der Waals surface area contributed by atoms with Crippen molar-refractivity contribution in [1.82, 2.24) is 9.62 Å². The molecule has 0 bridgehead atoms. The number of sulfonamides is 1. The third-order valence-corrected chi connectivity index (χ3v) is 7.54. The predicted octanol–water partition coefficient (Wildman–Crippen LogP) is 1.98. The lowest BCUT2D eigenvalue weighted by atomic mass is 10.4. The molecule has 19 heavy (non-hydrogen) atoms. The summed E-state index contributed by atoms with van der Waals surface area (Å²) in [4.78, 5) is 1.07. The molecule has 1 N–H and O–H groups in total. The van der Waals surface area contributed by atoms with Gasteiger partial charge in [-0.1, -0.05) is 13.8 Å². The van der Waals surface area contributed by atoms with Crippen LogP contribution in [0, 0.1) is 0 Å². The smallest absolute Gasteiger partial charge is 0.252 e. The highest BCUT2D eigenvalue weighted by atomic mass is 32.2. The lowest BCUT2D eigenvalue weighted by molar-refractivity contribution is 0.425. The van der Waals surface area contributed by atoms with Crippen molar-refractivity contribution in [2.75, 3.05) is 25.4 Å². The molecule has 2 heterocycles. The van der Waals surface area contributed by atoms with Gasteiger partial charge >= 0.3 is 0 Å². The third-order valence-electron chi connectivity index (χ3n) is 2.98. The van der Waals surface area contributed by atoms with Crippen LogP contribution in [0.2, 0.25) is 0 Å². The van der Waals surface area contributed by atoms with E-state index < -0.39 is 10.0 Å². The van der Waals surface area contributed by atoms with Crippen molar-refractivity contribution in [2.24, 2.45) is 0 Å². The predicted molar refractivity (Wildman–Crippen MR) is 82.4 cm³/mol. The number of nitrogens with one attached hydrogen (secondary N) is 1. The summed E-state index contributed by atoms with van der Waals surface area (Å²) < 4.78 is 27.1. The molecule has 0 aromatic carbocycles. The fraction of sp³-hybridized carbons (Fsp3) is 0.667. The van der Waals surface area contributed by atoms with Gasteiger partial charge in [0, 0.05) is 35.5 Å². The van der Waals surface area contributed by atoms with Crippen molar-refractivity contribution >= 4 is 33.1 Å². The highest BCUT2D eigenvalue weighted by molar-refractivity contribution is 8.00. The second-order valence-electron chi connectivity index (χ2n) is 4.55. The number of nitrogens with zero attached hydrogens (tertiary/aromatic N) is 1. The SMILES string of the molecule is CCNCc1ccc(S(=O)(=O)N2CCSC(C)C2)s1. The number of rotatable bonds is 5. The van der Waals surface area contributed by atoms with Gasteiger partial charge < -0.3 is 5.32 Å². The van der Waals surface area contributed by atoms with Crippen LogP contribution in [0.25, 0.3) is 0 Å². The van der Waals surface area contributed by atoms with Gasteiger partial charge in [-0.2, -0.15) is 16.1 Å². The zero-order chi connectivity index (χ0) is 13.9. The summed E-state index contributed by atoms with van der Waals surface area (Å²) in [5.74, 6) is 0.885. The Balaban J connectivity index is 2.12. The average Bonchev–Trinajstić information content (AvgIpc) is 2.86. The first-order valence-corrected chi connectivity index (χ1v) is 9.75. The molecule has 1 saturated heterocycles. The Morgan fingerprint density at radius 2 is 2.26 bits per heavy atom. The second-order valence-corrected chi connectivity index (χ2v) is 9.42. The van der Waals surface area contributed by atoms with Crippen LogP contribution < -0.4 is 5.32 Å². The van der Waals surface area contributed by atoms with E-state index >= 15 is 0 Å². The molecular formula is C12H20N2O2S3. The highest BCUT2D eigenvalue weighted by Gasteiger charge is 2.29.